The van der Waals surface area contributed by atoms with Gasteiger partial charge in [-0.05, 0) is 31.8 Å². The minimum atomic E-state index is 0.685. The Labute approximate surface area is 77.2 Å². The van der Waals surface area contributed by atoms with Gasteiger partial charge in [0.05, 0.1) is 0 Å². The highest BCUT2D eigenvalue weighted by atomic mass is 14.9. The first kappa shape index (κ1) is 11.5. The van der Waals surface area contributed by atoms with Crippen LogP contribution in [0, 0.1) is 0 Å². The van der Waals surface area contributed by atoms with Crippen molar-refractivity contribution in [2.75, 3.05) is 0 Å². The average Bonchev–Trinajstić information content (AvgIpc) is 2.49. The maximum Gasteiger partial charge on any atom is 0.0267 e. The molecule has 1 rings (SSSR count). The minimum absolute atomic E-state index is 0.685. The van der Waals surface area contributed by atoms with Gasteiger partial charge in [-0.3, -0.25) is 0 Å². The van der Waals surface area contributed by atoms with Gasteiger partial charge in [0, 0.05) is 11.7 Å². The summed E-state index contributed by atoms with van der Waals surface area (Å²) < 4.78 is 0. The maximum atomic E-state index is 3.48. The van der Waals surface area contributed by atoms with Crippen molar-refractivity contribution in [3.8, 4) is 0 Å². The van der Waals surface area contributed by atoms with Crippen LogP contribution in [0.2, 0.25) is 0 Å². The summed E-state index contributed by atoms with van der Waals surface area (Å²) in [5.41, 5.74) is 3.13. The maximum absolute atomic E-state index is 3.48. The fourth-order valence-electron chi connectivity index (χ4n) is 1.65. The van der Waals surface area contributed by atoms with Crippen LogP contribution in [0.5, 0.6) is 0 Å². The fraction of sp³-hybridized carbons (Fsp3) is 0.818. The minimum Gasteiger partial charge on any atom is -0.386 e. The molecule has 0 aliphatic carbocycles. The second kappa shape index (κ2) is 6.10. The Morgan fingerprint density at radius 1 is 1.25 bits per heavy atom. The van der Waals surface area contributed by atoms with Gasteiger partial charge in [0.1, 0.15) is 0 Å². The number of nitrogens with one attached hydrogen (secondary N) is 1. The quantitative estimate of drug-likeness (QED) is 0.667. The topological polar surface area (TPSA) is 12.0 Å². The predicted octanol–water partition coefficient (Wildman–Crippen LogP) is 3.47. The van der Waals surface area contributed by atoms with Crippen molar-refractivity contribution >= 4 is 0 Å². The molecule has 0 aromatic heterocycles. The first-order chi connectivity index (χ1) is 5.77. The Balaban J connectivity index is 0.000000561. The molecule has 1 unspecified atom stereocenters. The van der Waals surface area contributed by atoms with E-state index in [1.54, 1.807) is 5.57 Å². The van der Waals surface area contributed by atoms with E-state index in [0.29, 0.717) is 6.04 Å². The lowest BCUT2D eigenvalue weighted by molar-refractivity contribution is 0.654. The number of hydrogen-bond donors (Lipinski definition) is 1. The number of hydrogen-bond acceptors (Lipinski definition) is 1. The third kappa shape index (κ3) is 2.88. The Hall–Kier alpha value is -0.460. The van der Waals surface area contributed by atoms with Crippen molar-refractivity contribution in [1.82, 2.24) is 5.32 Å². The van der Waals surface area contributed by atoms with E-state index in [4.69, 9.17) is 0 Å². The molecule has 1 aliphatic rings. The van der Waals surface area contributed by atoms with Gasteiger partial charge in [-0.1, -0.05) is 27.7 Å². The lowest BCUT2D eigenvalue weighted by atomic mass is 10.1. The van der Waals surface area contributed by atoms with Crippen LogP contribution in [0.4, 0.5) is 0 Å². The van der Waals surface area contributed by atoms with Gasteiger partial charge in [-0.2, -0.15) is 0 Å². The van der Waals surface area contributed by atoms with E-state index in [9.17, 15) is 0 Å². The zero-order valence-electron chi connectivity index (χ0n) is 9.20. The largest absolute Gasteiger partial charge is 0.386 e. The highest BCUT2D eigenvalue weighted by molar-refractivity contribution is 5.19. The van der Waals surface area contributed by atoms with Crippen molar-refractivity contribution < 1.29 is 0 Å². The molecule has 0 radical (unpaired) electrons. The van der Waals surface area contributed by atoms with Crippen LogP contribution in [0.15, 0.2) is 11.3 Å². The molecule has 1 heterocycles. The van der Waals surface area contributed by atoms with Gasteiger partial charge in [-0.15, -0.1) is 0 Å². The van der Waals surface area contributed by atoms with E-state index in [-0.39, 0.29) is 0 Å². The zero-order chi connectivity index (χ0) is 9.56. The summed E-state index contributed by atoms with van der Waals surface area (Å²) in [6, 6.07) is 0.685. The van der Waals surface area contributed by atoms with Gasteiger partial charge >= 0.3 is 0 Å². The summed E-state index contributed by atoms with van der Waals surface area (Å²) in [4.78, 5) is 0. The molecule has 0 fully saturated rings. The summed E-state index contributed by atoms with van der Waals surface area (Å²) in [6.45, 7) is 10.7. The van der Waals surface area contributed by atoms with Crippen LogP contribution in [0.25, 0.3) is 0 Å². The lowest BCUT2D eigenvalue weighted by Crippen LogP contribution is -2.17. The molecule has 72 valence electrons. The molecule has 1 N–H and O–H groups in total. The molecule has 1 heteroatoms. The van der Waals surface area contributed by atoms with E-state index in [1.165, 1.54) is 25.0 Å². The SMILES string of the molecule is CC.CCC1=C(CC)NC(C)C1. The first-order valence-corrected chi connectivity index (χ1v) is 5.25. The molecular formula is C11H23N. The van der Waals surface area contributed by atoms with Crippen molar-refractivity contribution in [2.45, 2.75) is 59.9 Å². The highest BCUT2D eigenvalue weighted by Gasteiger charge is 2.16. The molecule has 0 saturated heterocycles. The zero-order valence-corrected chi connectivity index (χ0v) is 9.20. The van der Waals surface area contributed by atoms with Crippen LogP contribution in [0.1, 0.15) is 53.9 Å². The third-order valence-corrected chi connectivity index (χ3v) is 2.18. The Kier molecular flexibility index (Phi) is 5.87. The van der Waals surface area contributed by atoms with Gasteiger partial charge < -0.3 is 5.32 Å². The smallest absolute Gasteiger partial charge is 0.0267 e. The molecule has 0 amide bonds. The Morgan fingerprint density at radius 2 is 1.83 bits per heavy atom. The van der Waals surface area contributed by atoms with Crippen LogP contribution in [0.3, 0.4) is 0 Å². The van der Waals surface area contributed by atoms with Gasteiger partial charge in [0.25, 0.3) is 0 Å². The normalized spacial score (nSPS) is 21.6. The molecule has 1 nitrogen and oxygen atoms in total. The number of allylic oxidation sites excluding steroid dienone is 1. The summed E-state index contributed by atoms with van der Waals surface area (Å²) in [6.07, 6.45) is 3.66. The van der Waals surface area contributed by atoms with Crippen LogP contribution in [-0.4, -0.2) is 6.04 Å². The second-order valence-corrected chi connectivity index (χ2v) is 3.04. The molecule has 12 heavy (non-hydrogen) atoms. The summed E-state index contributed by atoms with van der Waals surface area (Å²) in [5.74, 6) is 0. The van der Waals surface area contributed by atoms with E-state index >= 15 is 0 Å². The van der Waals surface area contributed by atoms with E-state index < -0.39 is 0 Å². The van der Waals surface area contributed by atoms with Crippen molar-refractivity contribution in [2.24, 2.45) is 0 Å². The average molecular weight is 169 g/mol. The Morgan fingerprint density at radius 3 is 2.17 bits per heavy atom. The number of rotatable bonds is 2. The van der Waals surface area contributed by atoms with Crippen molar-refractivity contribution in [3.05, 3.63) is 11.3 Å². The summed E-state index contributed by atoms with van der Waals surface area (Å²) in [5, 5.41) is 3.48. The van der Waals surface area contributed by atoms with Gasteiger partial charge in [0.15, 0.2) is 0 Å². The summed E-state index contributed by atoms with van der Waals surface area (Å²) in [7, 11) is 0. The van der Waals surface area contributed by atoms with Crippen LogP contribution >= 0.6 is 0 Å². The van der Waals surface area contributed by atoms with E-state index in [1.807, 2.05) is 13.8 Å². The molecule has 1 atom stereocenters. The molecule has 0 saturated carbocycles. The first-order valence-electron chi connectivity index (χ1n) is 5.25. The van der Waals surface area contributed by atoms with Crippen molar-refractivity contribution in [1.29, 1.82) is 0 Å². The lowest BCUT2D eigenvalue weighted by Gasteiger charge is -2.04. The van der Waals surface area contributed by atoms with Crippen LogP contribution < -0.4 is 5.32 Å². The van der Waals surface area contributed by atoms with Crippen molar-refractivity contribution in [3.63, 3.8) is 0 Å². The van der Waals surface area contributed by atoms with Gasteiger partial charge in [-0.25, -0.2) is 0 Å². The predicted molar refractivity (Wildman–Crippen MR) is 56.2 cm³/mol. The second-order valence-electron chi connectivity index (χ2n) is 3.04. The molecule has 0 aromatic carbocycles. The molecular weight excluding hydrogens is 146 g/mol. The van der Waals surface area contributed by atoms with Gasteiger partial charge in [0.2, 0.25) is 0 Å². The fourth-order valence-corrected chi connectivity index (χ4v) is 1.65. The van der Waals surface area contributed by atoms with E-state index in [0.717, 1.165) is 0 Å². The molecule has 0 aromatic rings. The highest BCUT2D eigenvalue weighted by Crippen LogP contribution is 2.22. The van der Waals surface area contributed by atoms with Crippen LogP contribution in [-0.2, 0) is 0 Å². The molecule has 0 bridgehead atoms. The Bertz CT molecular complexity index is 131. The molecule has 1 aliphatic heterocycles. The third-order valence-electron chi connectivity index (χ3n) is 2.18. The summed E-state index contributed by atoms with van der Waals surface area (Å²) >= 11 is 0. The monoisotopic (exact) mass is 169 g/mol. The van der Waals surface area contributed by atoms with E-state index in [2.05, 4.69) is 26.1 Å². The standard InChI is InChI=1S/C9H17N.C2H6/c1-4-8-6-7(3)10-9(8)5-2;1-2/h7,10H,4-6H2,1-3H3;1-2H3. The molecule has 0 spiro atoms.